The van der Waals surface area contributed by atoms with Crippen LogP contribution in [0.15, 0.2) is 17.5 Å². The van der Waals surface area contributed by atoms with Gasteiger partial charge in [-0.05, 0) is 30.2 Å². The second-order valence-electron chi connectivity index (χ2n) is 4.91. The number of nitrogens with zero attached hydrogens (tertiary/aromatic N) is 2. The Balaban J connectivity index is 1.90. The van der Waals surface area contributed by atoms with Crippen LogP contribution in [0.4, 0.5) is 4.79 Å². The van der Waals surface area contributed by atoms with Crippen molar-refractivity contribution in [2.24, 2.45) is 5.92 Å². The predicted molar refractivity (Wildman–Crippen MR) is 71.2 cm³/mol. The smallest absolute Gasteiger partial charge is 0.320 e. The second-order valence-corrected chi connectivity index (χ2v) is 5.94. The van der Waals surface area contributed by atoms with Crippen molar-refractivity contribution < 1.29 is 4.79 Å². The summed E-state index contributed by atoms with van der Waals surface area (Å²) in [5.74, 6) is 0.642. The van der Waals surface area contributed by atoms with Gasteiger partial charge in [0, 0.05) is 25.0 Å². The van der Waals surface area contributed by atoms with Crippen LogP contribution in [0.3, 0.4) is 0 Å². The summed E-state index contributed by atoms with van der Waals surface area (Å²) in [5.41, 5.74) is 0. The van der Waals surface area contributed by atoms with Crippen LogP contribution in [0.2, 0.25) is 0 Å². The second kappa shape index (κ2) is 5.54. The fourth-order valence-corrected chi connectivity index (χ4v) is 3.07. The van der Waals surface area contributed by atoms with E-state index >= 15 is 0 Å². The highest BCUT2D eigenvalue weighted by Crippen LogP contribution is 2.18. The average Bonchev–Trinajstić information content (AvgIpc) is 2.80. The van der Waals surface area contributed by atoms with Crippen molar-refractivity contribution in [3.63, 3.8) is 0 Å². The summed E-state index contributed by atoms with van der Waals surface area (Å²) in [4.78, 5) is 17.3. The summed E-state index contributed by atoms with van der Waals surface area (Å²) in [6.45, 7) is 4.77. The summed E-state index contributed by atoms with van der Waals surface area (Å²) in [7, 11) is 1.89. The molecule has 2 heterocycles. The summed E-state index contributed by atoms with van der Waals surface area (Å²) in [6.07, 6.45) is 2.39. The van der Waals surface area contributed by atoms with Crippen LogP contribution >= 0.6 is 11.3 Å². The topological polar surface area (TPSA) is 23.6 Å². The number of likely N-dealkylation sites (tertiary alicyclic amines) is 1. The van der Waals surface area contributed by atoms with Crippen molar-refractivity contribution in [2.45, 2.75) is 26.3 Å². The molecule has 1 fully saturated rings. The predicted octanol–water partition coefficient (Wildman–Crippen LogP) is 3.03. The van der Waals surface area contributed by atoms with Crippen molar-refractivity contribution in [2.75, 3.05) is 20.1 Å². The summed E-state index contributed by atoms with van der Waals surface area (Å²) < 4.78 is 0. The van der Waals surface area contributed by atoms with Crippen molar-refractivity contribution in [3.05, 3.63) is 22.4 Å². The van der Waals surface area contributed by atoms with Gasteiger partial charge in [-0.1, -0.05) is 13.0 Å². The number of amides is 2. The Bertz CT molecular complexity index is 364. The zero-order valence-electron chi connectivity index (χ0n) is 10.6. The Morgan fingerprint density at radius 3 is 3.12 bits per heavy atom. The summed E-state index contributed by atoms with van der Waals surface area (Å²) in [5, 5.41) is 2.05. The molecule has 2 amide bonds. The molecule has 17 heavy (non-hydrogen) atoms. The van der Waals surface area contributed by atoms with Gasteiger partial charge in [-0.25, -0.2) is 4.79 Å². The first-order valence-electron chi connectivity index (χ1n) is 6.19. The summed E-state index contributed by atoms with van der Waals surface area (Å²) >= 11 is 1.70. The number of rotatable bonds is 2. The maximum atomic E-state index is 12.2. The number of urea groups is 1. The van der Waals surface area contributed by atoms with Crippen molar-refractivity contribution in [1.29, 1.82) is 0 Å². The maximum Gasteiger partial charge on any atom is 0.320 e. The van der Waals surface area contributed by atoms with Gasteiger partial charge in [0.05, 0.1) is 6.54 Å². The molecule has 4 heteroatoms. The Morgan fingerprint density at radius 1 is 1.65 bits per heavy atom. The van der Waals surface area contributed by atoms with E-state index in [-0.39, 0.29) is 6.03 Å². The van der Waals surface area contributed by atoms with Crippen LogP contribution in [0.25, 0.3) is 0 Å². The van der Waals surface area contributed by atoms with Gasteiger partial charge >= 0.3 is 6.03 Å². The molecule has 0 aliphatic carbocycles. The van der Waals surface area contributed by atoms with Crippen LogP contribution in [-0.4, -0.2) is 36.0 Å². The van der Waals surface area contributed by atoms with E-state index in [0.717, 1.165) is 26.1 Å². The van der Waals surface area contributed by atoms with Gasteiger partial charge in [0.2, 0.25) is 0 Å². The standard InChI is InChI=1S/C13H20N2OS/c1-11-5-3-7-15(9-11)13(16)14(2)10-12-6-4-8-17-12/h4,6,8,11H,3,5,7,9-10H2,1-2H3. The Labute approximate surface area is 107 Å². The average molecular weight is 252 g/mol. The molecule has 1 aliphatic heterocycles. The van der Waals surface area contributed by atoms with E-state index in [1.807, 2.05) is 22.9 Å². The van der Waals surface area contributed by atoms with Crippen LogP contribution in [0.1, 0.15) is 24.6 Å². The third-order valence-corrected chi connectivity index (χ3v) is 4.09. The van der Waals surface area contributed by atoms with Crippen molar-refractivity contribution in [3.8, 4) is 0 Å². The third-order valence-electron chi connectivity index (χ3n) is 3.23. The molecule has 1 unspecified atom stereocenters. The van der Waals surface area contributed by atoms with Crippen LogP contribution in [0, 0.1) is 5.92 Å². The first kappa shape index (κ1) is 12.4. The Hall–Kier alpha value is -1.03. The highest BCUT2D eigenvalue weighted by atomic mass is 32.1. The van der Waals surface area contributed by atoms with E-state index in [9.17, 15) is 4.79 Å². The molecule has 1 aliphatic rings. The van der Waals surface area contributed by atoms with Crippen LogP contribution in [0.5, 0.6) is 0 Å². The quantitative estimate of drug-likeness (QED) is 0.793. The molecule has 0 radical (unpaired) electrons. The maximum absolute atomic E-state index is 12.2. The molecule has 2 rings (SSSR count). The van der Waals surface area contributed by atoms with E-state index < -0.39 is 0 Å². The minimum atomic E-state index is 0.171. The third kappa shape index (κ3) is 3.22. The fourth-order valence-electron chi connectivity index (χ4n) is 2.31. The van der Waals surface area contributed by atoms with Crippen molar-refractivity contribution in [1.82, 2.24) is 9.80 Å². The molecule has 94 valence electrons. The lowest BCUT2D eigenvalue weighted by Gasteiger charge is -2.33. The van der Waals surface area contributed by atoms with Crippen LogP contribution in [-0.2, 0) is 6.54 Å². The highest BCUT2D eigenvalue weighted by Gasteiger charge is 2.23. The molecule has 1 atom stereocenters. The molecule has 0 aromatic carbocycles. The molecule has 0 bridgehead atoms. The molecule has 0 spiro atoms. The molecule has 1 saturated heterocycles. The lowest BCUT2D eigenvalue weighted by Crippen LogP contribution is -2.45. The van der Waals surface area contributed by atoms with Gasteiger partial charge in [-0.15, -0.1) is 11.3 Å². The first-order valence-corrected chi connectivity index (χ1v) is 7.07. The molecule has 1 aromatic heterocycles. The van der Waals surface area contributed by atoms with E-state index in [2.05, 4.69) is 18.4 Å². The zero-order valence-corrected chi connectivity index (χ0v) is 11.4. The molecular weight excluding hydrogens is 232 g/mol. The van der Waals surface area contributed by atoms with Crippen molar-refractivity contribution >= 4 is 17.4 Å². The lowest BCUT2D eigenvalue weighted by molar-refractivity contribution is 0.138. The number of thiophene rings is 1. The number of piperidine rings is 1. The van der Waals surface area contributed by atoms with Gasteiger partial charge in [-0.3, -0.25) is 0 Å². The number of hydrogen-bond acceptors (Lipinski definition) is 2. The van der Waals surface area contributed by atoms with E-state index in [4.69, 9.17) is 0 Å². The Morgan fingerprint density at radius 2 is 2.47 bits per heavy atom. The highest BCUT2D eigenvalue weighted by molar-refractivity contribution is 7.09. The first-order chi connectivity index (χ1) is 8.16. The molecular formula is C13H20N2OS. The lowest BCUT2D eigenvalue weighted by atomic mass is 10.0. The van der Waals surface area contributed by atoms with E-state index in [1.165, 1.54) is 11.3 Å². The normalized spacial score (nSPS) is 20.4. The monoisotopic (exact) mass is 252 g/mol. The fraction of sp³-hybridized carbons (Fsp3) is 0.615. The van der Waals surface area contributed by atoms with Gasteiger partial charge in [-0.2, -0.15) is 0 Å². The minimum absolute atomic E-state index is 0.171. The van der Waals surface area contributed by atoms with Gasteiger partial charge < -0.3 is 9.80 Å². The molecule has 0 N–H and O–H groups in total. The SMILES string of the molecule is CC1CCCN(C(=O)N(C)Cc2cccs2)C1. The minimum Gasteiger partial charge on any atom is -0.324 e. The number of carbonyl (C=O) groups is 1. The Kier molecular flexibility index (Phi) is 4.05. The molecule has 3 nitrogen and oxygen atoms in total. The molecule has 0 saturated carbocycles. The van der Waals surface area contributed by atoms with E-state index in [0.29, 0.717) is 5.92 Å². The van der Waals surface area contributed by atoms with E-state index in [1.54, 1.807) is 11.3 Å². The van der Waals surface area contributed by atoms with Crippen LogP contribution < -0.4 is 0 Å². The largest absolute Gasteiger partial charge is 0.324 e. The van der Waals surface area contributed by atoms with Gasteiger partial charge in [0.15, 0.2) is 0 Å². The number of hydrogen-bond donors (Lipinski definition) is 0. The van der Waals surface area contributed by atoms with Gasteiger partial charge in [0.25, 0.3) is 0 Å². The summed E-state index contributed by atoms with van der Waals surface area (Å²) in [6, 6.07) is 4.28. The zero-order chi connectivity index (χ0) is 12.3. The molecule has 1 aromatic rings. The number of carbonyl (C=O) groups excluding carboxylic acids is 1. The van der Waals surface area contributed by atoms with Gasteiger partial charge in [0.1, 0.15) is 0 Å².